The van der Waals surface area contributed by atoms with E-state index >= 15 is 0 Å². The van der Waals surface area contributed by atoms with Gasteiger partial charge in [-0.25, -0.2) is 8.78 Å². The fourth-order valence-corrected chi connectivity index (χ4v) is 3.86. The summed E-state index contributed by atoms with van der Waals surface area (Å²) in [6, 6.07) is 3.79. The first kappa shape index (κ1) is 14.4. The zero-order valence-electron chi connectivity index (χ0n) is 11.8. The number of rotatable bonds is 3. The predicted molar refractivity (Wildman–Crippen MR) is 73.8 cm³/mol. The topological polar surface area (TPSA) is 40.5 Å². The molecule has 1 aromatic rings. The number of carbonyl (C=O) groups is 1. The first-order valence-electron chi connectivity index (χ1n) is 7.52. The quantitative estimate of drug-likeness (QED) is 0.929. The van der Waals surface area contributed by atoms with Crippen molar-refractivity contribution in [3.05, 3.63) is 35.4 Å². The van der Waals surface area contributed by atoms with Crippen LogP contribution in [0.4, 0.5) is 8.78 Å². The molecule has 114 valence electrons. The van der Waals surface area contributed by atoms with Crippen LogP contribution in [0.2, 0.25) is 0 Å². The van der Waals surface area contributed by atoms with Crippen molar-refractivity contribution < 1.29 is 18.7 Å². The normalized spacial score (nSPS) is 27.3. The molecule has 1 aliphatic heterocycles. The Morgan fingerprint density at radius 1 is 1.19 bits per heavy atom. The van der Waals surface area contributed by atoms with Gasteiger partial charge >= 0.3 is 5.97 Å². The van der Waals surface area contributed by atoms with E-state index in [-0.39, 0.29) is 5.56 Å². The summed E-state index contributed by atoms with van der Waals surface area (Å²) in [5.74, 6) is -3.40. The van der Waals surface area contributed by atoms with Gasteiger partial charge in [-0.1, -0.05) is 25.0 Å². The summed E-state index contributed by atoms with van der Waals surface area (Å²) in [4.78, 5) is 13.6. The summed E-state index contributed by atoms with van der Waals surface area (Å²) in [5.41, 5.74) is 0.187. The third kappa shape index (κ3) is 2.55. The molecule has 5 heteroatoms. The van der Waals surface area contributed by atoms with Crippen molar-refractivity contribution in [1.29, 1.82) is 0 Å². The van der Waals surface area contributed by atoms with Crippen molar-refractivity contribution in [1.82, 2.24) is 4.90 Å². The largest absolute Gasteiger partial charge is 0.481 e. The number of carboxylic acids is 1. The molecule has 3 nitrogen and oxygen atoms in total. The van der Waals surface area contributed by atoms with Gasteiger partial charge in [-0.15, -0.1) is 0 Å². The second-order valence-corrected chi connectivity index (χ2v) is 6.00. The van der Waals surface area contributed by atoms with Crippen molar-refractivity contribution in [2.45, 2.75) is 44.2 Å². The van der Waals surface area contributed by atoms with E-state index in [2.05, 4.69) is 4.90 Å². The molecule has 0 radical (unpaired) electrons. The van der Waals surface area contributed by atoms with Crippen LogP contribution in [0.15, 0.2) is 18.2 Å². The number of aliphatic carboxylic acids is 1. The lowest BCUT2D eigenvalue weighted by atomic mass is 9.92. The fraction of sp³-hybridized carbons (Fsp3) is 0.562. The molecule has 0 bridgehead atoms. The van der Waals surface area contributed by atoms with Crippen molar-refractivity contribution in [2.24, 2.45) is 5.92 Å². The number of hydrogen-bond acceptors (Lipinski definition) is 2. The maximum Gasteiger partial charge on any atom is 0.308 e. The van der Waals surface area contributed by atoms with Gasteiger partial charge in [0.1, 0.15) is 0 Å². The molecule has 1 N–H and O–H groups in total. The van der Waals surface area contributed by atoms with Crippen LogP contribution in [0, 0.1) is 17.6 Å². The number of likely N-dealkylation sites (tertiary alicyclic amines) is 1. The number of carboxylic acid groups (broad SMARTS) is 1. The standard InChI is InChI=1S/C16H19F2NO2/c17-13-7-3-6-11(14(13)18)15-12(16(20)21)8-9-19(15)10-4-1-2-5-10/h3,6-7,10,12,15H,1-2,4-5,8-9H2,(H,20,21). The van der Waals surface area contributed by atoms with Crippen LogP contribution in [-0.4, -0.2) is 28.6 Å². The van der Waals surface area contributed by atoms with Crippen molar-refractivity contribution >= 4 is 5.97 Å². The van der Waals surface area contributed by atoms with E-state index < -0.39 is 29.6 Å². The molecule has 2 atom stereocenters. The Hall–Kier alpha value is -1.49. The van der Waals surface area contributed by atoms with E-state index in [0.29, 0.717) is 19.0 Å². The second kappa shape index (κ2) is 5.72. The molecule has 1 aromatic carbocycles. The molecule has 3 rings (SSSR count). The Morgan fingerprint density at radius 2 is 1.90 bits per heavy atom. The van der Waals surface area contributed by atoms with E-state index in [1.165, 1.54) is 12.1 Å². The number of hydrogen-bond donors (Lipinski definition) is 1. The smallest absolute Gasteiger partial charge is 0.308 e. The molecular formula is C16H19F2NO2. The van der Waals surface area contributed by atoms with Gasteiger partial charge in [-0.2, -0.15) is 0 Å². The first-order chi connectivity index (χ1) is 10.1. The lowest BCUT2D eigenvalue weighted by molar-refractivity contribution is -0.142. The lowest BCUT2D eigenvalue weighted by Gasteiger charge is -2.32. The molecule has 1 saturated heterocycles. The molecule has 21 heavy (non-hydrogen) atoms. The molecular weight excluding hydrogens is 276 g/mol. The van der Waals surface area contributed by atoms with Crippen LogP contribution >= 0.6 is 0 Å². The van der Waals surface area contributed by atoms with Crippen LogP contribution in [0.25, 0.3) is 0 Å². The maximum absolute atomic E-state index is 14.2. The minimum Gasteiger partial charge on any atom is -0.481 e. The zero-order valence-corrected chi connectivity index (χ0v) is 11.8. The minimum atomic E-state index is -0.927. The molecule has 2 fully saturated rings. The van der Waals surface area contributed by atoms with Gasteiger partial charge in [0.2, 0.25) is 0 Å². The van der Waals surface area contributed by atoms with Crippen LogP contribution < -0.4 is 0 Å². The van der Waals surface area contributed by atoms with Crippen LogP contribution in [0.5, 0.6) is 0 Å². The van der Waals surface area contributed by atoms with Gasteiger partial charge in [0.05, 0.1) is 12.0 Å². The third-order valence-corrected chi connectivity index (χ3v) is 4.85. The van der Waals surface area contributed by atoms with Crippen molar-refractivity contribution in [3.8, 4) is 0 Å². The first-order valence-corrected chi connectivity index (χ1v) is 7.52. The SMILES string of the molecule is O=C(O)C1CCN(C2CCCC2)C1c1cccc(F)c1F. The Bertz CT molecular complexity index is 543. The molecule has 1 aliphatic carbocycles. The Kier molecular flexibility index (Phi) is 3.93. The highest BCUT2D eigenvalue weighted by Gasteiger charge is 2.44. The Labute approximate surface area is 122 Å². The van der Waals surface area contributed by atoms with Crippen LogP contribution in [-0.2, 0) is 4.79 Å². The van der Waals surface area contributed by atoms with E-state index in [9.17, 15) is 18.7 Å². The van der Waals surface area contributed by atoms with Gasteiger partial charge < -0.3 is 5.11 Å². The lowest BCUT2D eigenvalue weighted by Crippen LogP contribution is -2.36. The van der Waals surface area contributed by atoms with Gasteiger partial charge in [-0.3, -0.25) is 9.69 Å². The van der Waals surface area contributed by atoms with E-state index in [0.717, 1.165) is 31.7 Å². The Morgan fingerprint density at radius 3 is 2.57 bits per heavy atom. The summed E-state index contributed by atoms with van der Waals surface area (Å²) in [7, 11) is 0. The zero-order chi connectivity index (χ0) is 15.0. The van der Waals surface area contributed by atoms with Crippen LogP contribution in [0.3, 0.4) is 0 Å². The fourth-order valence-electron chi connectivity index (χ4n) is 3.86. The number of nitrogens with zero attached hydrogens (tertiary/aromatic N) is 1. The van der Waals surface area contributed by atoms with Gasteiger partial charge in [0.15, 0.2) is 11.6 Å². The maximum atomic E-state index is 14.2. The molecule has 1 saturated carbocycles. The van der Waals surface area contributed by atoms with Gasteiger partial charge in [-0.05, 0) is 31.9 Å². The minimum absolute atomic E-state index is 0.187. The van der Waals surface area contributed by atoms with Crippen LogP contribution in [0.1, 0.15) is 43.7 Å². The molecule has 1 heterocycles. The Balaban J connectivity index is 1.99. The van der Waals surface area contributed by atoms with E-state index in [4.69, 9.17) is 0 Å². The summed E-state index contributed by atoms with van der Waals surface area (Å²) < 4.78 is 27.7. The molecule has 2 aliphatic rings. The molecule has 0 amide bonds. The van der Waals surface area contributed by atoms with E-state index in [1.54, 1.807) is 0 Å². The summed E-state index contributed by atoms with van der Waals surface area (Å²) >= 11 is 0. The molecule has 2 unspecified atom stereocenters. The summed E-state index contributed by atoms with van der Waals surface area (Å²) in [6.45, 7) is 0.641. The summed E-state index contributed by atoms with van der Waals surface area (Å²) in [5, 5.41) is 9.42. The molecule has 0 aromatic heterocycles. The average Bonchev–Trinajstić information content (AvgIpc) is 3.09. The average molecular weight is 295 g/mol. The van der Waals surface area contributed by atoms with Crippen molar-refractivity contribution in [2.75, 3.05) is 6.54 Å². The predicted octanol–water partition coefficient (Wildman–Crippen LogP) is 3.36. The number of halogens is 2. The monoisotopic (exact) mass is 295 g/mol. The van der Waals surface area contributed by atoms with Gasteiger partial charge in [0, 0.05) is 11.6 Å². The van der Waals surface area contributed by atoms with Crippen molar-refractivity contribution in [3.63, 3.8) is 0 Å². The highest BCUT2D eigenvalue weighted by molar-refractivity contribution is 5.72. The summed E-state index contributed by atoms with van der Waals surface area (Å²) in [6.07, 6.45) is 4.76. The highest BCUT2D eigenvalue weighted by atomic mass is 19.2. The third-order valence-electron chi connectivity index (χ3n) is 4.85. The van der Waals surface area contributed by atoms with E-state index in [1.807, 2.05) is 0 Å². The van der Waals surface area contributed by atoms with Gasteiger partial charge in [0.25, 0.3) is 0 Å². The highest BCUT2D eigenvalue weighted by Crippen LogP contribution is 2.43. The molecule has 0 spiro atoms. The second-order valence-electron chi connectivity index (χ2n) is 6.00. The number of benzene rings is 1.